The van der Waals surface area contributed by atoms with E-state index < -0.39 is 11.6 Å². The first-order valence-corrected chi connectivity index (χ1v) is 5.74. The lowest BCUT2D eigenvalue weighted by atomic mass is 10.0. The fourth-order valence-electron chi connectivity index (χ4n) is 2.20. The molecule has 0 aromatic heterocycles. The minimum absolute atomic E-state index is 0.123. The van der Waals surface area contributed by atoms with Gasteiger partial charge in [-0.1, -0.05) is 6.08 Å². The van der Waals surface area contributed by atoms with E-state index >= 15 is 0 Å². The predicted molar refractivity (Wildman–Crippen MR) is 63.7 cm³/mol. The molecular weight excluding hydrogens is 222 g/mol. The van der Waals surface area contributed by atoms with Crippen molar-refractivity contribution in [2.24, 2.45) is 0 Å². The van der Waals surface area contributed by atoms with Crippen LogP contribution in [0.25, 0.3) is 0 Å². The number of piperazine rings is 1. The Labute approximate surface area is 99.9 Å². The van der Waals surface area contributed by atoms with E-state index in [9.17, 15) is 8.78 Å². The molecule has 0 radical (unpaired) electrons. The number of nitrogens with one attached hydrogen (secondary N) is 1. The monoisotopic (exact) mass is 238 g/mol. The zero-order chi connectivity index (χ0) is 12.3. The first-order valence-electron chi connectivity index (χ1n) is 5.74. The van der Waals surface area contributed by atoms with E-state index in [0.717, 1.165) is 32.2 Å². The van der Waals surface area contributed by atoms with E-state index in [-0.39, 0.29) is 6.04 Å². The standard InChI is InChI=1S/C13H16F2N2/c1-2-13(17-5-3-16-4-6-17)10-7-11(14)9-12(15)8-10/h2,7-9,13,16H,1,3-6H2/t13-/m0/s1. The molecule has 2 nitrogen and oxygen atoms in total. The van der Waals surface area contributed by atoms with Crippen LogP contribution in [0, 0.1) is 11.6 Å². The van der Waals surface area contributed by atoms with Crippen LogP contribution in [0.15, 0.2) is 30.9 Å². The third kappa shape index (κ3) is 2.90. The maximum absolute atomic E-state index is 13.2. The SMILES string of the molecule is C=C[C@@H](c1cc(F)cc(F)c1)N1CCNCC1. The molecule has 1 N–H and O–H groups in total. The number of rotatable bonds is 3. The summed E-state index contributed by atoms with van der Waals surface area (Å²) < 4.78 is 26.4. The summed E-state index contributed by atoms with van der Waals surface area (Å²) in [5, 5.41) is 3.24. The van der Waals surface area contributed by atoms with Crippen molar-refractivity contribution in [3.8, 4) is 0 Å². The molecule has 17 heavy (non-hydrogen) atoms. The summed E-state index contributed by atoms with van der Waals surface area (Å²) in [6, 6.07) is 3.51. The molecular formula is C13H16F2N2. The van der Waals surface area contributed by atoms with Gasteiger partial charge in [0.15, 0.2) is 0 Å². The van der Waals surface area contributed by atoms with Gasteiger partial charge in [0.2, 0.25) is 0 Å². The first-order chi connectivity index (χ1) is 8.20. The van der Waals surface area contributed by atoms with Crippen molar-refractivity contribution in [1.29, 1.82) is 0 Å². The summed E-state index contributed by atoms with van der Waals surface area (Å²) in [7, 11) is 0. The highest BCUT2D eigenvalue weighted by Gasteiger charge is 2.20. The van der Waals surface area contributed by atoms with Crippen molar-refractivity contribution in [2.45, 2.75) is 6.04 Å². The molecule has 1 aliphatic heterocycles. The summed E-state index contributed by atoms with van der Waals surface area (Å²) >= 11 is 0. The van der Waals surface area contributed by atoms with Crippen LogP contribution in [0.3, 0.4) is 0 Å². The van der Waals surface area contributed by atoms with Gasteiger partial charge in [-0.25, -0.2) is 8.78 Å². The van der Waals surface area contributed by atoms with E-state index in [4.69, 9.17) is 0 Å². The van der Waals surface area contributed by atoms with Gasteiger partial charge >= 0.3 is 0 Å². The molecule has 1 atom stereocenters. The van der Waals surface area contributed by atoms with Crippen LogP contribution in [-0.4, -0.2) is 31.1 Å². The Morgan fingerprint density at radius 3 is 2.29 bits per heavy atom. The largest absolute Gasteiger partial charge is 0.314 e. The number of halogens is 2. The van der Waals surface area contributed by atoms with Crippen molar-refractivity contribution in [2.75, 3.05) is 26.2 Å². The summed E-state index contributed by atoms with van der Waals surface area (Å²) in [5.41, 5.74) is 0.624. The number of benzene rings is 1. The van der Waals surface area contributed by atoms with E-state index in [2.05, 4.69) is 16.8 Å². The zero-order valence-corrected chi connectivity index (χ0v) is 9.63. The molecule has 2 rings (SSSR count). The Hall–Kier alpha value is -1.26. The number of hydrogen-bond donors (Lipinski definition) is 1. The minimum Gasteiger partial charge on any atom is -0.314 e. The van der Waals surface area contributed by atoms with Gasteiger partial charge in [0.1, 0.15) is 11.6 Å². The Morgan fingerprint density at radius 2 is 1.76 bits per heavy atom. The molecule has 0 aliphatic carbocycles. The normalized spacial score (nSPS) is 18.9. The molecule has 1 aromatic rings. The highest BCUT2D eigenvalue weighted by Crippen LogP contribution is 2.23. The fraction of sp³-hybridized carbons (Fsp3) is 0.385. The second-order valence-electron chi connectivity index (χ2n) is 4.17. The van der Waals surface area contributed by atoms with E-state index in [1.54, 1.807) is 6.08 Å². The smallest absolute Gasteiger partial charge is 0.126 e. The van der Waals surface area contributed by atoms with Crippen LogP contribution >= 0.6 is 0 Å². The lowest BCUT2D eigenvalue weighted by Gasteiger charge is -2.33. The van der Waals surface area contributed by atoms with Crippen molar-refractivity contribution in [3.05, 3.63) is 48.1 Å². The second-order valence-corrected chi connectivity index (χ2v) is 4.17. The fourth-order valence-corrected chi connectivity index (χ4v) is 2.20. The molecule has 0 bridgehead atoms. The van der Waals surface area contributed by atoms with Crippen LogP contribution in [0.2, 0.25) is 0 Å². The third-order valence-electron chi connectivity index (χ3n) is 2.99. The van der Waals surface area contributed by atoms with E-state index in [1.807, 2.05) is 0 Å². The lowest BCUT2D eigenvalue weighted by molar-refractivity contribution is 0.203. The van der Waals surface area contributed by atoms with Crippen molar-refractivity contribution < 1.29 is 8.78 Å². The Balaban J connectivity index is 2.24. The van der Waals surface area contributed by atoms with E-state index in [0.29, 0.717) is 5.56 Å². The number of nitrogens with zero attached hydrogens (tertiary/aromatic N) is 1. The second kappa shape index (κ2) is 5.38. The topological polar surface area (TPSA) is 15.3 Å². The molecule has 0 spiro atoms. The van der Waals surface area contributed by atoms with Gasteiger partial charge in [-0.2, -0.15) is 0 Å². The van der Waals surface area contributed by atoms with Crippen LogP contribution in [0.4, 0.5) is 8.78 Å². The quantitative estimate of drug-likeness (QED) is 0.811. The first kappa shape index (κ1) is 12.2. The van der Waals surface area contributed by atoms with E-state index in [1.165, 1.54) is 12.1 Å². The van der Waals surface area contributed by atoms with Gasteiger partial charge < -0.3 is 5.32 Å². The molecule has 0 saturated carbocycles. The molecule has 1 aliphatic rings. The zero-order valence-electron chi connectivity index (χ0n) is 9.63. The molecule has 0 unspecified atom stereocenters. The number of hydrogen-bond acceptors (Lipinski definition) is 2. The summed E-state index contributed by atoms with van der Waals surface area (Å²) in [6.07, 6.45) is 1.74. The van der Waals surface area contributed by atoms with Crippen molar-refractivity contribution >= 4 is 0 Å². The Bertz CT molecular complexity index is 380. The van der Waals surface area contributed by atoms with Crippen LogP contribution in [0.1, 0.15) is 11.6 Å². The third-order valence-corrected chi connectivity index (χ3v) is 2.99. The Kier molecular flexibility index (Phi) is 3.86. The summed E-state index contributed by atoms with van der Waals surface area (Å²) in [5.74, 6) is -1.08. The highest BCUT2D eigenvalue weighted by molar-refractivity contribution is 5.24. The van der Waals surface area contributed by atoms with Crippen molar-refractivity contribution in [1.82, 2.24) is 10.2 Å². The molecule has 1 heterocycles. The van der Waals surface area contributed by atoms with Gasteiger partial charge in [0.05, 0.1) is 6.04 Å². The molecule has 1 fully saturated rings. The van der Waals surface area contributed by atoms with Gasteiger partial charge in [0.25, 0.3) is 0 Å². The van der Waals surface area contributed by atoms with Crippen molar-refractivity contribution in [3.63, 3.8) is 0 Å². The van der Waals surface area contributed by atoms with Gasteiger partial charge in [-0.05, 0) is 17.7 Å². The van der Waals surface area contributed by atoms with Crippen LogP contribution in [-0.2, 0) is 0 Å². The average Bonchev–Trinajstić information content (AvgIpc) is 2.30. The molecule has 1 saturated heterocycles. The van der Waals surface area contributed by atoms with Gasteiger partial charge in [-0.15, -0.1) is 6.58 Å². The lowest BCUT2D eigenvalue weighted by Crippen LogP contribution is -2.44. The van der Waals surface area contributed by atoms with Crippen LogP contribution < -0.4 is 5.32 Å². The minimum atomic E-state index is -0.540. The summed E-state index contributed by atoms with van der Waals surface area (Å²) in [4.78, 5) is 2.16. The maximum atomic E-state index is 13.2. The Morgan fingerprint density at radius 1 is 1.18 bits per heavy atom. The van der Waals surface area contributed by atoms with Crippen LogP contribution in [0.5, 0.6) is 0 Å². The molecule has 4 heteroatoms. The maximum Gasteiger partial charge on any atom is 0.126 e. The average molecular weight is 238 g/mol. The summed E-state index contributed by atoms with van der Waals surface area (Å²) in [6.45, 7) is 7.26. The predicted octanol–water partition coefficient (Wildman–Crippen LogP) is 2.10. The van der Waals surface area contributed by atoms with Gasteiger partial charge in [0, 0.05) is 32.2 Å². The van der Waals surface area contributed by atoms with Gasteiger partial charge in [-0.3, -0.25) is 4.90 Å². The highest BCUT2D eigenvalue weighted by atomic mass is 19.1. The molecule has 0 amide bonds. The molecule has 92 valence electrons. The molecule has 1 aromatic carbocycles.